The number of hydrogen-bond acceptors (Lipinski definition) is 6. The Balaban J connectivity index is 1.36. The van der Waals surface area contributed by atoms with E-state index in [1.807, 2.05) is 86.6 Å². The molecule has 4 aromatic heterocycles. The molecule has 8 rings (SSSR count). The maximum absolute atomic E-state index is 13.1. The van der Waals surface area contributed by atoms with E-state index in [0.29, 0.717) is 39.6 Å². The van der Waals surface area contributed by atoms with Gasteiger partial charge in [-0.1, -0.05) is 59.7 Å². The minimum atomic E-state index is -0.446. The molecule has 43 heavy (non-hydrogen) atoms. The van der Waals surface area contributed by atoms with E-state index in [4.69, 9.17) is 18.8 Å². The van der Waals surface area contributed by atoms with E-state index in [2.05, 4.69) is 9.97 Å². The zero-order valence-corrected chi connectivity index (χ0v) is 23.3. The van der Waals surface area contributed by atoms with Gasteiger partial charge in [-0.3, -0.25) is 0 Å². The van der Waals surface area contributed by atoms with E-state index >= 15 is 0 Å². The summed E-state index contributed by atoms with van der Waals surface area (Å²) in [4.78, 5) is 42.5. The van der Waals surface area contributed by atoms with Gasteiger partial charge < -0.3 is 18.8 Å². The lowest BCUT2D eigenvalue weighted by Crippen LogP contribution is -2.05. The summed E-state index contributed by atoms with van der Waals surface area (Å²) in [7, 11) is 0. The van der Waals surface area contributed by atoms with Gasteiger partial charge in [-0.2, -0.15) is 0 Å². The molecule has 0 atom stereocenters. The van der Waals surface area contributed by atoms with Crippen LogP contribution < -0.4 is 11.3 Å². The van der Waals surface area contributed by atoms with Crippen molar-refractivity contribution in [1.29, 1.82) is 0 Å². The summed E-state index contributed by atoms with van der Waals surface area (Å²) >= 11 is 0. The molecule has 0 unspecified atom stereocenters. The van der Waals surface area contributed by atoms with Gasteiger partial charge >= 0.3 is 11.3 Å². The average molecular weight is 565 g/mol. The second kappa shape index (κ2) is 9.39. The van der Waals surface area contributed by atoms with Crippen molar-refractivity contribution in [2.75, 3.05) is 0 Å². The van der Waals surface area contributed by atoms with Crippen LogP contribution in [0.15, 0.2) is 103 Å². The van der Waals surface area contributed by atoms with Gasteiger partial charge in [0.15, 0.2) is 0 Å². The zero-order chi connectivity index (χ0) is 29.2. The summed E-state index contributed by atoms with van der Waals surface area (Å²) in [6.07, 6.45) is 0.410. The number of fused-ring (bicyclic) bond motifs is 4. The predicted molar refractivity (Wildman–Crippen MR) is 167 cm³/mol. The lowest BCUT2D eigenvalue weighted by molar-refractivity contribution is 0.516. The highest BCUT2D eigenvalue weighted by Gasteiger charge is 2.23. The van der Waals surface area contributed by atoms with Crippen molar-refractivity contribution in [2.45, 2.75) is 20.3 Å². The Morgan fingerprint density at radius 1 is 0.581 bits per heavy atom. The molecule has 4 heterocycles. The minimum absolute atomic E-state index is 0.208. The van der Waals surface area contributed by atoms with Crippen LogP contribution in [0.3, 0.4) is 0 Å². The van der Waals surface area contributed by atoms with Crippen LogP contribution in [-0.4, -0.2) is 19.9 Å². The van der Waals surface area contributed by atoms with E-state index in [1.54, 1.807) is 12.1 Å². The largest absolute Gasteiger partial charge is 0.401 e. The molecule has 0 fully saturated rings. The number of nitrogens with one attached hydrogen (secondary N) is 2. The molecular formula is C35H24N4O4. The third kappa shape index (κ3) is 4.06. The second-order valence-corrected chi connectivity index (χ2v) is 10.9. The summed E-state index contributed by atoms with van der Waals surface area (Å²) in [5.41, 5.74) is 6.91. The fraction of sp³-hybridized carbons (Fsp3) is 0.0857. The Labute approximate surface area is 243 Å². The smallest absolute Gasteiger partial charge is 0.347 e. The molecular weight excluding hydrogens is 540 g/mol. The third-order valence-corrected chi connectivity index (χ3v) is 7.98. The van der Waals surface area contributed by atoms with Crippen molar-refractivity contribution in [3.63, 3.8) is 0 Å². The van der Waals surface area contributed by atoms with E-state index in [-0.39, 0.29) is 11.8 Å². The monoisotopic (exact) mass is 564 g/mol. The van der Waals surface area contributed by atoms with Gasteiger partial charge in [-0.05, 0) is 61.4 Å². The predicted octanol–water partition coefficient (Wildman–Crippen LogP) is 7.19. The molecule has 0 aliphatic rings. The third-order valence-electron chi connectivity index (χ3n) is 7.98. The van der Waals surface area contributed by atoms with Crippen molar-refractivity contribution >= 4 is 43.6 Å². The molecule has 0 amide bonds. The van der Waals surface area contributed by atoms with Gasteiger partial charge in [0, 0.05) is 28.2 Å². The molecule has 0 saturated carbocycles. The Kier molecular flexibility index (Phi) is 5.46. The summed E-state index contributed by atoms with van der Waals surface area (Å²) < 4.78 is 11.6. The van der Waals surface area contributed by atoms with Crippen molar-refractivity contribution in [3.05, 3.63) is 128 Å². The number of rotatable bonds is 4. The number of hydrogen-bond donors (Lipinski definition) is 2. The molecule has 8 nitrogen and oxygen atoms in total. The number of H-pyrrole nitrogens is 2. The van der Waals surface area contributed by atoms with Crippen LogP contribution in [0.4, 0.5) is 0 Å². The molecule has 0 saturated heterocycles. The van der Waals surface area contributed by atoms with Crippen molar-refractivity contribution in [3.8, 4) is 23.2 Å². The fourth-order valence-corrected chi connectivity index (χ4v) is 5.89. The van der Waals surface area contributed by atoms with Gasteiger partial charge in [-0.15, -0.1) is 0 Å². The Morgan fingerprint density at radius 2 is 1.02 bits per heavy atom. The maximum Gasteiger partial charge on any atom is 0.347 e. The molecule has 0 aliphatic heterocycles. The van der Waals surface area contributed by atoms with Crippen molar-refractivity contribution in [1.82, 2.24) is 19.9 Å². The zero-order valence-electron chi connectivity index (χ0n) is 23.3. The Morgan fingerprint density at radius 3 is 1.49 bits per heavy atom. The first-order valence-electron chi connectivity index (χ1n) is 14.0. The number of aromatic amines is 2. The molecule has 0 bridgehead atoms. The van der Waals surface area contributed by atoms with Gasteiger partial charge in [-0.25, -0.2) is 19.6 Å². The van der Waals surface area contributed by atoms with Crippen LogP contribution in [0, 0.1) is 13.8 Å². The maximum atomic E-state index is 13.1. The number of nitrogens with zero attached hydrogens (tertiary/aromatic N) is 2. The van der Waals surface area contributed by atoms with Gasteiger partial charge in [0.05, 0.1) is 21.8 Å². The van der Waals surface area contributed by atoms with E-state index < -0.39 is 11.3 Å². The quantitative estimate of drug-likeness (QED) is 0.234. The number of aromatic nitrogens is 4. The molecule has 0 spiro atoms. The van der Waals surface area contributed by atoms with Crippen LogP contribution in [-0.2, 0) is 6.42 Å². The van der Waals surface area contributed by atoms with Crippen molar-refractivity contribution in [2.24, 2.45) is 0 Å². The Bertz CT molecular complexity index is 2340. The molecule has 4 aromatic carbocycles. The van der Waals surface area contributed by atoms with Crippen LogP contribution in [0.25, 0.3) is 66.8 Å². The minimum Gasteiger partial charge on any atom is -0.401 e. The van der Waals surface area contributed by atoms with E-state index in [1.165, 1.54) is 0 Å². The second-order valence-electron chi connectivity index (χ2n) is 10.9. The SMILES string of the molecule is Cc1ccc2nc(-c3[nH]c4ccccc4c3Cc3c(-c4nc5ccc(C)cc5c(=O)o4)[nH]c4ccccc34)oc(=O)c2c1. The molecule has 2 N–H and O–H groups in total. The lowest BCUT2D eigenvalue weighted by atomic mass is 9.98. The summed E-state index contributed by atoms with van der Waals surface area (Å²) in [5, 5.41) is 2.80. The summed E-state index contributed by atoms with van der Waals surface area (Å²) in [6.45, 7) is 3.85. The standard InChI is InChI=1S/C35H24N4O4/c1-18-11-13-28-24(15-18)34(40)42-32(38-28)30-22(20-7-3-5-9-26(20)36-30)17-23-21-8-4-6-10-27(21)37-31(23)33-39-29-14-12-19(2)16-25(29)35(41)43-33/h3-16,36-37H,17H2,1-2H3. The topological polar surface area (TPSA) is 118 Å². The van der Waals surface area contributed by atoms with Crippen LogP contribution >= 0.6 is 0 Å². The summed E-state index contributed by atoms with van der Waals surface area (Å²) in [5.74, 6) is 0.416. The van der Waals surface area contributed by atoms with Crippen LogP contribution in [0.5, 0.6) is 0 Å². The van der Waals surface area contributed by atoms with Crippen LogP contribution in [0.1, 0.15) is 22.3 Å². The molecule has 0 radical (unpaired) electrons. The van der Waals surface area contributed by atoms with Crippen LogP contribution in [0.2, 0.25) is 0 Å². The average Bonchev–Trinajstić information content (AvgIpc) is 3.57. The highest BCUT2D eigenvalue weighted by Crippen LogP contribution is 2.37. The lowest BCUT2D eigenvalue weighted by Gasteiger charge is -2.08. The summed E-state index contributed by atoms with van der Waals surface area (Å²) in [6, 6.07) is 26.9. The fourth-order valence-electron chi connectivity index (χ4n) is 5.89. The first-order chi connectivity index (χ1) is 20.9. The molecule has 0 aliphatic carbocycles. The normalized spacial score (nSPS) is 11.8. The number of aryl methyl sites for hydroxylation is 2. The molecule has 8 heteroatoms. The first kappa shape index (κ1) is 25.0. The van der Waals surface area contributed by atoms with E-state index in [9.17, 15) is 9.59 Å². The molecule has 208 valence electrons. The number of benzene rings is 4. The number of para-hydroxylation sites is 2. The Hall–Kier alpha value is -5.76. The van der Waals surface area contributed by atoms with Gasteiger partial charge in [0.1, 0.15) is 11.4 Å². The van der Waals surface area contributed by atoms with Crippen molar-refractivity contribution < 1.29 is 8.83 Å². The highest BCUT2D eigenvalue weighted by molar-refractivity contribution is 5.94. The van der Waals surface area contributed by atoms with Gasteiger partial charge in [0.2, 0.25) is 11.8 Å². The van der Waals surface area contributed by atoms with Gasteiger partial charge in [0.25, 0.3) is 0 Å². The highest BCUT2D eigenvalue weighted by atomic mass is 16.4. The molecule has 8 aromatic rings. The van der Waals surface area contributed by atoms with E-state index in [0.717, 1.165) is 44.1 Å². The first-order valence-corrected chi connectivity index (χ1v) is 14.0.